The van der Waals surface area contributed by atoms with E-state index in [1.165, 1.54) is 0 Å². The smallest absolute Gasteiger partial charge is 0.206 e. The summed E-state index contributed by atoms with van der Waals surface area (Å²) in [6.07, 6.45) is 6.92. The Labute approximate surface area is 112 Å². The molecule has 0 aliphatic carbocycles. The van der Waals surface area contributed by atoms with Crippen molar-refractivity contribution in [2.24, 2.45) is 0 Å². The standard InChI is InChI=1S/C14H18N4O/c1-4-17-9-8-13(16-17)14(19)7-6-12-10-15-18(5-2)11(12)3/h6-10H,4-5H2,1-3H3/b7-6+. The highest BCUT2D eigenvalue weighted by Crippen LogP contribution is 2.10. The van der Waals surface area contributed by atoms with Crippen molar-refractivity contribution in [3.63, 3.8) is 0 Å². The topological polar surface area (TPSA) is 52.7 Å². The molecule has 0 aromatic carbocycles. The Balaban J connectivity index is 2.13. The molecule has 0 atom stereocenters. The van der Waals surface area contributed by atoms with Gasteiger partial charge in [0.1, 0.15) is 5.69 Å². The van der Waals surface area contributed by atoms with Crippen LogP contribution in [-0.2, 0) is 13.1 Å². The minimum atomic E-state index is -0.0872. The third-order valence-electron chi connectivity index (χ3n) is 3.07. The average molecular weight is 258 g/mol. The van der Waals surface area contributed by atoms with E-state index in [9.17, 15) is 4.79 Å². The maximum absolute atomic E-state index is 11.9. The van der Waals surface area contributed by atoms with Crippen molar-refractivity contribution in [2.75, 3.05) is 0 Å². The van der Waals surface area contributed by atoms with Gasteiger partial charge in [0.05, 0.1) is 6.20 Å². The summed E-state index contributed by atoms with van der Waals surface area (Å²) in [4.78, 5) is 11.9. The molecule has 5 heteroatoms. The fourth-order valence-electron chi connectivity index (χ4n) is 1.86. The van der Waals surface area contributed by atoms with Crippen LogP contribution in [0.3, 0.4) is 0 Å². The fourth-order valence-corrected chi connectivity index (χ4v) is 1.86. The largest absolute Gasteiger partial charge is 0.287 e. The molecule has 5 nitrogen and oxygen atoms in total. The lowest BCUT2D eigenvalue weighted by Crippen LogP contribution is -2.00. The third-order valence-corrected chi connectivity index (χ3v) is 3.07. The second-order valence-electron chi connectivity index (χ2n) is 4.26. The summed E-state index contributed by atoms with van der Waals surface area (Å²) >= 11 is 0. The second-order valence-corrected chi connectivity index (χ2v) is 4.26. The number of hydrogen-bond donors (Lipinski definition) is 0. The van der Waals surface area contributed by atoms with Gasteiger partial charge in [0.2, 0.25) is 5.78 Å². The second kappa shape index (κ2) is 5.65. The van der Waals surface area contributed by atoms with Crippen LogP contribution in [0.2, 0.25) is 0 Å². The van der Waals surface area contributed by atoms with Crippen LogP contribution in [0.1, 0.15) is 35.6 Å². The maximum atomic E-state index is 11.9. The van der Waals surface area contributed by atoms with E-state index in [2.05, 4.69) is 10.2 Å². The molecule has 0 spiro atoms. The lowest BCUT2D eigenvalue weighted by Gasteiger charge is -1.98. The Bertz CT molecular complexity index is 607. The van der Waals surface area contributed by atoms with Crippen molar-refractivity contribution in [3.8, 4) is 0 Å². The summed E-state index contributed by atoms with van der Waals surface area (Å²) < 4.78 is 3.64. The Hall–Kier alpha value is -2.17. The van der Waals surface area contributed by atoms with Gasteiger partial charge in [-0.15, -0.1) is 0 Å². The maximum Gasteiger partial charge on any atom is 0.206 e. The first-order chi connectivity index (χ1) is 9.15. The summed E-state index contributed by atoms with van der Waals surface area (Å²) in [5.74, 6) is -0.0872. The summed E-state index contributed by atoms with van der Waals surface area (Å²) in [5, 5.41) is 8.42. The van der Waals surface area contributed by atoms with Crippen molar-refractivity contribution in [1.82, 2.24) is 19.6 Å². The number of carbonyl (C=O) groups excluding carboxylic acids is 1. The number of allylic oxidation sites excluding steroid dienone is 1. The zero-order chi connectivity index (χ0) is 13.8. The molecule has 0 fully saturated rings. The van der Waals surface area contributed by atoms with Crippen LogP contribution >= 0.6 is 0 Å². The van der Waals surface area contributed by atoms with Gasteiger partial charge >= 0.3 is 0 Å². The van der Waals surface area contributed by atoms with Crippen LogP contribution in [0.5, 0.6) is 0 Å². The molecule has 100 valence electrons. The SMILES string of the molecule is CCn1ccc(C(=O)/C=C/c2cnn(CC)c2C)n1. The number of rotatable bonds is 5. The molecule has 0 amide bonds. The zero-order valence-electron chi connectivity index (χ0n) is 11.5. The van der Waals surface area contributed by atoms with Crippen LogP contribution in [0.4, 0.5) is 0 Å². The molecule has 2 heterocycles. The van der Waals surface area contributed by atoms with E-state index >= 15 is 0 Å². The van der Waals surface area contributed by atoms with Gasteiger partial charge in [0.15, 0.2) is 0 Å². The van der Waals surface area contributed by atoms with E-state index in [-0.39, 0.29) is 5.78 Å². The van der Waals surface area contributed by atoms with Gasteiger partial charge in [-0.1, -0.05) is 0 Å². The van der Waals surface area contributed by atoms with Gasteiger partial charge in [-0.2, -0.15) is 10.2 Å². The molecule has 19 heavy (non-hydrogen) atoms. The van der Waals surface area contributed by atoms with Gasteiger partial charge in [-0.05, 0) is 39.0 Å². The number of hydrogen-bond acceptors (Lipinski definition) is 3. The molecule has 0 unspecified atom stereocenters. The van der Waals surface area contributed by atoms with E-state index in [4.69, 9.17) is 0 Å². The molecule has 0 N–H and O–H groups in total. The Morgan fingerprint density at radius 2 is 2.16 bits per heavy atom. The number of ketones is 1. The Morgan fingerprint density at radius 3 is 2.74 bits per heavy atom. The van der Waals surface area contributed by atoms with Crippen LogP contribution in [0.25, 0.3) is 6.08 Å². The minimum absolute atomic E-state index is 0.0872. The lowest BCUT2D eigenvalue weighted by molar-refractivity contribution is 0.104. The van der Waals surface area contributed by atoms with Crippen LogP contribution in [0.15, 0.2) is 24.5 Å². The van der Waals surface area contributed by atoms with Crippen molar-refractivity contribution in [3.05, 3.63) is 41.5 Å². The fraction of sp³-hybridized carbons (Fsp3) is 0.357. The van der Waals surface area contributed by atoms with Crippen molar-refractivity contribution < 1.29 is 4.79 Å². The van der Waals surface area contributed by atoms with Crippen LogP contribution in [0, 0.1) is 6.92 Å². The van der Waals surface area contributed by atoms with Crippen molar-refractivity contribution >= 4 is 11.9 Å². The molecule has 0 saturated heterocycles. The first kappa shape index (κ1) is 13.3. The van der Waals surface area contributed by atoms with Gasteiger partial charge in [0.25, 0.3) is 0 Å². The van der Waals surface area contributed by atoms with E-state index in [1.54, 1.807) is 35.3 Å². The Morgan fingerprint density at radius 1 is 1.37 bits per heavy atom. The quantitative estimate of drug-likeness (QED) is 0.611. The summed E-state index contributed by atoms with van der Waals surface area (Å²) in [7, 11) is 0. The van der Waals surface area contributed by atoms with Gasteiger partial charge in [0, 0.05) is 30.5 Å². The molecule has 0 aliphatic heterocycles. The molecule has 2 aromatic heterocycles. The molecule has 0 radical (unpaired) electrons. The molecular weight excluding hydrogens is 240 g/mol. The van der Waals surface area contributed by atoms with Crippen molar-refractivity contribution in [2.45, 2.75) is 33.9 Å². The molecule has 0 saturated carbocycles. The molecule has 2 rings (SSSR count). The van der Waals surface area contributed by atoms with Crippen molar-refractivity contribution in [1.29, 1.82) is 0 Å². The highest BCUT2D eigenvalue weighted by Gasteiger charge is 2.07. The van der Waals surface area contributed by atoms with Gasteiger partial charge in [-0.3, -0.25) is 14.2 Å². The summed E-state index contributed by atoms with van der Waals surface area (Å²) in [6, 6.07) is 1.73. The molecular formula is C14H18N4O. The van der Waals surface area contributed by atoms with Crippen LogP contribution < -0.4 is 0 Å². The average Bonchev–Trinajstić information content (AvgIpc) is 3.03. The predicted molar refractivity (Wildman–Crippen MR) is 73.9 cm³/mol. The Kier molecular flexibility index (Phi) is 3.94. The third kappa shape index (κ3) is 2.81. The highest BCUT2D eigenvalue weighted by molar-refractivity contribution is 6.05. The summed E-state index contributed by atoms with van der Waals surface area (Å²) in [6.45, 7) is 7.61. The minimum Gasteiger partial charge on any atom is -0.287 e. The first-order valence-corrected chi connectivity index (χ1v) is 6.44. The summed E-state index contributed by atoms with van der Waals surface area (Å²) in [5.41, 5.74) is 2.49. The number of nitrogens with zero attached hydrogens (tertiary/aromatic N) is 4. The van der Waals surface area contributed by atoms with Gasteiger partial charge in [-0.25, -0.2) is 0 Å². The number of aryl methyl sites for hydroxylation is 2. The molecule has 2 aromatic rings. The van der Waals surface area contributed by atoms with E-state index in [0.29, 0.717) is 5.69 Å². The van der Waals surface area contributed by atoms with E-state index < -0.39 is 0 Å². The van der Waals surface area contributed by atoms with Gasteiger partial charge < -0.3 is 0 Å². The zero-order valence-corrected chi connectivity index (χ0v) is 11.5. The monoisotopic (exact) mass is 258 g/mol. The molecule has 0 aliphatic rings. The molecule has 0 bridgehead atoms. The van der Waals surface area contributed by atoms with Crippen LogP contribution in [-0.4, -0.2) is 25.3 Å². The lowest BCUT2D eigenvalue weighted by atomic mass is 10.2. The number of carbonyl (C=O) groups is 1. The van der Waals surface area contributed by atoms with E-state index in [0.717, 1.165) is 24.3 Å². The highest BCUT2D eigenvalue weighted by atomic mass is 16.1. The number of aromatic nitrogens is 4. The van der Waals surface area contributed by atoms with E-state index in [1.807, 2.05) is 25.5 Å². The normalized spacial score (nSPS) is 11.3. The predicted octanol–water partition coefficient (Wildman–Crippen LogP) is 2.32. The first-order valence-electron chi connectivity index (χ1n) is 6.44.